The molecule has 1 fully saturated rings. The Labute approximate surface area is 132 Å². The summed E-state index contributed by atoms with van der Waals surface area (Å²) in [5.41, 5.74) is 0. The van der Waals surface area contributed by atoms with E-state index in [1.54, 1.807) is 0 Å². The molecule has 2 rings (SSSR count). The lowest BCUT2D eigenvalue weighted by Crippen LogP contribution is -2.40. The average Bonchev–Trinajstić information content (AvgIpc) is 3.16. The molecule has 1 aromatic heterocycles. The first-order valence-electron chi connectivity index (χ1n) is 7.86. The predicted octanol–water partition coefficient (Wildman–Crippen LogP) is 2.66. The van der Waals surface area contributed by atoms with E-state index in [9.17, 15) is 0 Å². The summed E-state index contributed by atoms with van der Waals surface area (Å²) < 4.78 is 5.63. The largest absolute Gasteiger partial charge is 0.378 e. The zero-order valence-electron chi connectivity index (χ0n) is 13.1. The predicted molar refractivity (Wildman–Crippen MR) is 90.1 cm³/mol. The van der Waals surface area contributed by atoms with E-state index in [1.807, 2.05) is 18.4 Å². The SMILES string of the molecule is CN=C(NCCC1CCCO1)NCC(C)Cc1cccs1. The molecule has 118 valence electrons. The summed E-state index contributed by atoms with van der Waals surface area (Å²) in [6.45, 7) is 5.06. The molecule has 0 radical (unpaired) electrons. The average molecular weight is 309 g/mol. The van der Waals surface area contributed by atoms with Gasteiger partial charge in [-0.3, -0.25) is 4.99 Å². The van der Waals surface area contributed by atoms with Gasteiger partial charge >= 0.3 is 0 Å². The zero-order valence-corrected chi connectivity index (χ0v) is 13.9. The van der Waals surface area contributed by atoms with E-state index < -0.39 is 0 Å². The monoisotopic (exact) mass is 309 g/mol. The molecule has 2 atom stereocenters. The van der Waals surface area contributed by atoms with E-state index >= 15 is 0 Å². The fourth-order valence-corrected chi connectivity index (χ4v) is 3.43. The van der Waals surface area contributed by atoms with Crippen molar-refractivity contribution in [3.8, 4) is 0 Å². The highest BCUT2D eigenvalue weighted by atomic mass is 32.1. The summed E-state index contributed by atoms with van der Waals surface area (Å²) in [5.74, 6) is 1.49. The van der Waals surface area contributed by atoms with Gasteiger partial charge in [-0.25, -0.2) is 0 Å². The minimum absolute atomic E-state index is 0.438. The van der Waals surface area contributed by atoms with E-state index in [1.165, 1.54) is 17.7 Å². The molecule has 0 spiro atoms. The maximum atomic E-state index is 5.63. The highest BCUT2D eigenvalue weighted by molar-refractivity contribution is 7.09. The number of hydrogen-bond donors (Lipinski definition) is 2. The standard InChI is InChI=1S/C16H27N3OS/c1-13(11-15-6-4-10-21-15)12-19-16(17-2)18-8-7-14-5-3-9-20-14/h4,6,10,13-14H,3,5,7-9,11-12H2,1-2H3,(H2,17,18,19). The quantitative estimate of drug-likeness (QED) is 0.601. The molecule has 2 unspecified atom stereocenters. The van der Waals surface area contributed by atoms with Gasteiger partial charge in [-0.2, -0.15) is 0 Å². The number of ether oxygens (including phenoxy) is 1. The lowest BCUT2D eigenvalue weighted by molar-refractivity contribution is 0.105. The molecular formula is C16H27N3OS. The van der Waals surface area contributed by atoms with Gasteiger partial charge in [0.2, 0.25) is 0 Å². The van der Waals surface area contributed by atoms with Crippen LogP contribution in [0.15, 0.2) is 22.5 Å². The van der Waals surface area contributed by atoms with Crippen LogP contribution < -0.4 is 10.6 Å². The van der Waals surface area contributed by atoms with Crippen LogP contribution in [0.1, 0.15) is 31.1 Å². The first-order valence-corrected chi connectivity index (χ1v) is 8.74. The van der Waals surface area contributed by atoms with Gasteiger partial charge in [0.05, 0.1) is 6.10 Å². The van der Waals surface area contributed by atoms with Gasteiger partial charge in [-0.1, -0.05) is 13.0 Å². The Hall–Kier alpha value is -1.07. The summed E-state index contributed by atoms with van der Waals surface area (Å²) in [5, 5.41) is 8.92. The molecule has 2 heterocycles. The van der Waals surface area contributed by atoms with Crippen molar-refractivity contribution < 1.29 is 4.74 Å². The van der Waals surface area contributed by atoms with Crippen LogP contribution >= 0.6 is 11.3 Å². The van der Waals surface area contributed by atoms with Crippen molar-refractivity contribution in [3.05, 3.63) is 22.4 Å². The Bertz CT molecular complexity index is 413. The molecule has 0 saturated carbocycles. The maximum absolute atomic E-state index is 5.63. The number of nitrogens with one attached hydrogen (secondary N) is 2. The maximum Gasteiger partial charge on any atom is 0.190 e. The molecule has 1 saturated heterocycles. The third-order valence-electron chi connectivity index (χ3n) is 3.75. The summed E-state index contributed by atoms with van der Waals surface area (Å²) in [6.07, 6.45) is 5.03. The van der Waals surface area contributed by atoms with Crippen molar-refractivity contribution in [2.75, 3.05) is 26.7 Å². The fraction of sp³-hybridized carbons (Fsp3) is 0.688. The third kappa shape index (κ3) is 6.06. The van der Waals surface area contributed by atoms with Crippen molar-refractivity contribution >= 4 is 17.3 Å². The van der Waals surface area contributed by atoms with Gasteiger partial charge < -0.3 is 15.4 Å². The van der Waals surface area contributed by atoms with E-state index in [-0.39, 0.29) is 0 Å². The van der Waals surface area contributed by atoms with E-state index in [4.69, 9.17) is 4.74 Å². The van der Waals surface area contributed by atoms with E-state index in [0.29, 0.717) is 12.0 Å². The van der Waals surface area contributed by atoms with Gasteiger partial charge in [0, 0.05) is 31.6 Å². The van der Waals surface area contributed by atoms with Crippen molar-refractivity contribution in [1.29, 1.82) is 0 Å². The minimum Gasteiger partial charge on any atom is -0.378 e. The smallest absolute Gasteiger partial charge is 0.190 e. The highest BCUT2D eigenvalue weighted by Crippen LogP contribution is 2.14. The van der Waals surface area contributed by atoms with Crippen molar-refractivity contribution in [1.82, 2.24) is 10.6 Å². The first-order chi connectivity index (χ1) is 10.3. The van der Waals surface area contributed by atoms with Crippen molar-refractivity contribution in [3.63, 3.8) is 0 Å². The molecule has 1 aliphatic rings. The van der Waals surface area contributed by atoms with Crippen molar-refractivity contribution in [2.24, 2.45) is 10.9 Å². The second kappa shape index (κ2) is 9.05. The van der Waals surface area contributed by atoms with Crippen LogP contribution in [0.2, 0.25) is 0 Å². The second-order valence-electron chi connectivity index (χ2n) is 5.69. The molecule has 0 aliphatic carbocycles. The fourth-order valence-electron chi connectivity index (χ4n) is 2.56. The molecule has 4 nitrogen and oxygen atoms in total. The molecule has 1 aromatic rings. The van der Waals surface area contributed by atoms with E-state index in [2.05, 4.69) is 40.1 Å². The van der Waals surface area contributed by atoms with Crippen LogP contribution in [-0.4, -0.2) is 38.8 Å². The number of guanidine groups is 1. The van der Waals surface area contributed by atoms with Crippen LogP contribution in [0.5, 0.6) is 0 Å². The molecule has 0 bridgehead atoms. The normalized spacial score (nSPS) is 20.5. The van der Waals surface area contributed by atoms with Gasteiger partial charge in [-0.15, -0.1) is 11.3 Å². The number of aliphatic imine (C=N–C) groups is 1. The number of nitrogens with zero attached hydrogens (tertiary/aromatic N) is 1. The zero-order chi connectivity index (χ0) is 14.9. The Kier molecular flexibility index (Phi) is 7.03. The van der Waals surface area contributed by atoms with Gasteiger partial charge in [0.1, 0.15) is 0 Å². The molecule has 5 heteroatoms. The summed E-state index contributed by atoms with van der Waals surface area (Å²) in [6, 6.07) is 4.32. The molecule has 2 N–H and O–H groups in total. The molecule has 0 aromatic carbocycles. The molecule has 0 amide bonds. The first kappa shape index (κ1) is 16.3. The Morgan fingerprint density at radius 1 is 1.52 bits per heavy atom. The Morgan fingerprint density at radius 2 is 2.43 bits per heavy atom. The number of thiophene rings is 1. The van der Waals surface area contributed by atoms with Crippen LogP contribution in [0, 0.1) is 5.92 Å². The molecule has 21 heavy (non-hydrogen) atoms. The number of hydrogen-bond acceptors (Lipinski definition) is 3. The van der Waals surface area contributed by atoms with Crippen LogP contribution in [-0.2, 0) is 11.2 Å². The van der Waals surface area contributed by atoms with Crippen molar-refractivity contribution in [2.45, 2.75) is 38.7 Å². The highest BCUT2D eigenvalue weighted by Gasteiger charge is 2.14. The second-order valence-corrected chi connectivity index (χ2v) is 6.72. The van der Waals surface area contributed by atoms with Crippen LogP contribution in [0.4, 0.5) is 0 Å². The molecule has 1 aliphatic heterocycles. The Morgan fingerprint density at radius 3 is 3.10 bits per heavy atom. The number of rotatable bonds is 7. The Balaban J connectivity index is 1.60. The van der Waals surface area contributed by atoms with Gasteiger partial charge in [0.25, 0.3) is 0 Å². The van der Waals surface area contributed by atoms with Gasteiger partial charge in [0.15, 0.2) is 5.96 Å². The molecular weight excluding hydrogens is 282 g/mol. The third-order valence-corrected chi connectivity index (χ3v) is 4.65. The summed E-state index contributed by atoms with van der Waals surface area (Å²) in [7, 11) is 1.82. The summed E-state index contributed by atoms with van der Waals surface area (Å²) >= 11 is 1.83. The minimum atomic E-state index is 0.438. The topological polar surface area (TPSA) is 45.7 Å². The lowest BCUT2D eigenvalue weighted by Gasteiger charge is -2.16. The van der Waals surface area contributed by atoms with Crippen LogP contribution in [0.25, 0.3) is 0 Å². The lowest BCUT2D eigenvalue weighted by atomic mass is 10.1. The van der Waals surface area contributed by atoms with Gasteiger partial charge in [-0.05, 0) is 43.0 Å². The van der Waals surface area contributed by atoms with Crippen LogP contribution in [0.3, 0.4) is 0 Å². The van der Waals surface area contributed by atoms with E-state index in [0.717, 1.165) is 38.5 Å². The summed E-state index contributed by atoms with van der Waals surface area (Å²) in [4.78, 5) is 5.73.